The summed E-state index contributed by atoms with van der Waals surface area (Å²) < 4.78 is 0. The van der Waals surface area contributed by atoms with Gasteiger partial charge in [-0.2, -0.15) is 0 Å². The van der Waals surface area contributed by atoms with Crippen molar-refractivity contribution in [3.05, 3.63) is 89.7 Å². The summed E-state index contributed by atoms with van der Waals surface area (Å²) in [4.78, 5) is 17.2. The number of nitrogens with zero attached hydrogens (tertiary/aromatic N) is 3. The molecule has 0 saturated heterocycles. The first-order valence-corrected chi connectivity index (χ1v) is 8.72. The van der Waals surface area contributed by atoms with E-state index in [0.717, 1.165) is 22.1 Å². The van der Waals surface area contributed by atoms with Crippen molar-refractivity contribution in [3.8, 4) is 11.3 Å². The van der Waals surface area contributed by atoms with E-state index in [1.165, 1.54) is 0 Å². The zero-order valence-corrected chi connectivity index (χ0v) is 14.9. The van der Waals surface area contributed by atoms with Gasteiger partial charge in [0, 0.05) is 29.9 Å². The minimum absolute atomic E-state index is 0.180. The molecule has 0 atom stereocenters. The van der Waals surface area contributed by atoms with Crippen LogP contribution in [0.3, 0.4) is 0 Å². The van der Waals surface area contributed by atoms with Gasteiger partial charge in [-0.05, 0) is 24.6 Å². The topological polar surface area (TPSA) is 67.8 Å². The molecule has 27 heavy (non-hydrogen) atoms. The number of aryl methyl sites for hydroxylation is 1. The number of hydrogen-bond donors (Lipinski definition) is 1. The van der Waals surface area contributed by atoms with Gasteiger partial charge in [-0.1, -0.05) is 54.1 Å². The van der Waals surface area contributed by atoms with Crippen molar-refractivity contribution in [2.24, 2.45) is 0 Å². The van der Waals surface area contributed by atoms with E-state index in [9.17, 15) is 4.79 Å². The van der Waals surface area contributed by atoms with Crippen LogP contribution in [0.25, 0.3) is 22.2 Å². The Morgan fingerprint density at radius 1 is 0.963 bits per heavy atom. The van der Waals surface area contributed by atoms with Gasteiger partial charge in [-0.25, -0.2) is 0 Å². The standard InChI is InChI=1S/C22H18N4O/c1-15-8-10-17(11-9-15)21-20(18-6-2-3-7-19(18)25-26-21)22(27)24-14-16-5-4-12-23-13-16/h2-13H,14H2,1H3,(H,24,27). The molecule has 2 aromatic heterocycles. The number of benzene rings is 2. The molecule has 0 fully saturated rings. The molecule has 0 radical (unpaired) electrons. The lowest BCUT2D eigenvalue weighted by atomic mass is 10.0. The molecule has 0 aliphatic rings. The van der Waals surface area contributed by atoms with Gasteiger partial charge in [0.05, 0.1) is 11.1 Å². The summed E-state index contributed by atoms with van der Waals surface area (Å²) in [5.41, 5.74) is 4.76. The Morgan fingerprint density at radius 3 is 2.56 bits per heavy atom. The van der Waals surface area contributed by atoms with E-state index in [4.69, 9.17) is 0 Å². The first-order chi connectivity index (χ1) is 13.2. The quantitative estimate of drug-likeness (QED) is 0.603. The number of amides is 1. The van der Waals surface area contributed by atoms with Crippen LogP contribution in [0.1, 0.15) is 21.5 Å². The van der Waals surface area contributed by atoms with Crippen LogP contribution in [0.15, 0.2) is 73.1 Å². The molecule has 5 heteroatoms. The van der Waals surface area contributed by atoms with Gasteiger partial charge in [0.2, 0.25) is 0 Å². The van der Waals surface area contributed by atoms with Gasteiger partial charge in [0.25, 0.3) is 5.91 Å². The number of carbonyl (C=O) groups excluding carboxylic acids is 1. The minimum atomic E-state index is -0.180. The zero-order valence-electron chi connectivity index (χ0n) is 14.9. The maximum atomic E-state index is 13.1. The molecule has 1 N–H and O–H groups in total. The summed E-state index contributed by atoms with van der Waals surface area (Å²) >= 11 is 0. The van der Waals surface area contributed by atoms with Crippen molar-refractivity contribution in [1.29, 1.82) is 0 Å². The van der Waals surface area contributed by atoms with Crippen LogP contribution >= 0.6 is 0 Å². The second kappa shape index (κ2) is 7.33. The van der Waals surface area contributed by atoms with Crippen molar-refractivity contribution < 1.29 is 4.79 Å². The lowest BCUT2D eigenvalue weighted by Crippen LogP contribution is -2.24. The van der Waals surface area contributed by atoms with Crippen LogP contribution in [-0.4, -0.2) is 21.1 Å². The summed E-state index contributed by atoms with van der Waals surface area (Å²) in [5.74, 6) is -0.180. The Morgan fingerprint density at radius 2 is 1.78 bits per heavy atom. The van der Waals surface area contributed by atoms with E-state index in [1.807, 2.05) is 67.6 Å². The largest absolute Gasteiger partial charge is 0.348 e. The van der Waals surface area contributed by atoms with Gasteiger partial charge < -0.3 is 5.32 Å². The highest BCUT2D eigenvalue weighted by molar-refractivity contribution is 6.10. The summed E-state index contributed by atoms with van der Waals surface area (Å²) in [7, 11) is 0. The Hall–Kier alpha value is -3.60. The van der Waals surface area contributed by atoms with Crippen molar-refractivity contribution in [3.63, 3.8) is 0 Å². The lowest BCUT2D eigenvalue weighted by molar-refractivity contribution is 0.0953. The van der Waals surface area contributed by atoms with Crippen LogP contribution in [0.2, 0.25) is 0 Å². The van der Waals surface area contributed by atoms with Crippen molar-refractivity contribution in [2.45, 2.75) is 13.5 Å². The van der Waals surface area contributed by atoms with Gasteiger partial charge >= 0.3 is 0 Å². The number of aromatic nitrogens is 3. The number of carbonyl (C=O) groups is 1. The highest BCUT2D eigenvalue weighted by atomic mass is 16.1. The Kier molecular flexibility index (Phi) is 4.58. The Balaban J connectivity index is 1.77. The molecule has 2 heterocycles. The van der Waals surface area contributed by atoms with Crippen molar-refractivity contribution in [2.75, 3.05) is 0 Å². The van der Waals surface area contributed by atoms with Crippen LogP contribution in [0.5, 0.6) is 0 Å². The van der Waals surface area contributed by atoms with E-state index in [2.05, 4.69) is 20.5 Å². The number of pyridine rings is 1. The van der Waals surface area contributed by atoms with Gasteiger partial charge in [-0.3, -0.25) is 9.78 Å². The highest BCUT2D eigenvalue weighted by Gasteiger charge is 2.19. The summed E-state index contributed by atoms with van der Waals surface area (Å²) in [6.45, 7) is 2.42. The third-order valence-electron chi connectivity index (χ3n) is 4.40. The Bertz CT molecular complexity index is 1090. The van der Waals surface area contributed by atoms with Gasteiger partial charge in [-0.15, -0.1) is 10.2 Å². The summed E-state index contributed by atoms with van der Waals surface area (Å²) in [6, 6.07) is 19.3. The molecule has 0 bridgehead atoms. The van der Waals surface area contributed by atoms with Crippen molar-refractivity contribution in [1.82, 2.24) is 20.5 Å². The third kappa shape index (κ3) is 3.53. The van der Waals surface area contributed by atoms with E-state index in [1.54, 1.807) is 12.4 Å². The molecule has 0 unspecified atom stereocenters. The van der Waals surface area contributed by atoms with Gasteiger partial charge in [0.15, 0.2) is 0 Å². The van der Waals surface area contributed by atoms with Gasteiger partial charge in [0.1, 0.15) is 5.69 Å². The molecule has 5 nitrogen and oxygen atoms in total. The molecule has 2 aromatic carbocycles. The van der Waals surface area contributed by atoms with E-state index >= 15 is 0 Å². The lowest BCUT2D eigenvalue weighted by Gasteiger charge is -2.12. The highest BCUT2D eigenvalue weighted by Crippen LogP contribution is 2.27. The molecular formula is C22H18N4O. The maximum absolute atomic E-state index is 13.1. The fourth-order valence-electron chi connectivity index (χ4n) is 2.97. The first kappa shape index (κ1) is 16.8. The van der Waals surface area contributed by atoms with E-state index in [0.29, 0.717) is 23.3 Å². The maximum Gasteiger partial charge on any atom is 0.254 e. The average molecular weight is 354 g/mol. The predicted octanol–water partition coefficient (Wildman–Crippen LogP) is 3.93. The molecule has 1 amide bonds. The normalized spacial score (nSPS) is 10.7. The molecule has 4 aromatic rings. The van der Waals surface area contributed by atoms with Crippen LogP contribution in [0.4, 0.5) is 0 Å². The number of nitrogens with one attached hydrogen (secondary N) is 1. The van der Waals surface area contributed by atoms with Crippen LogP contribution in [0, 0.1) is 6.92 Å². The molecule has 0 aliphatic heterocycles. The molecule has 4 rings (SSSR count). The fourth-order valence-corrected chi connectivity index (χ4v) is 2.97. The summed E-state index contributed by atoms with van der Waals surface area (Å²) in [6.07, 6.45) is 3.45. The molecular weight excluding hydrogens is 336 g/mol. The molecule has 0 aliphatic carbocycles. The predicted molar refractivity (Wildman–Crippen MR) is 105 cm³/mol. The number of fused-ring (bicyclic) bond motifs is 1. The first-order valence-electron chi connectivity index (χ1n) is 8.72. The average Bonchev–Trinajstić information content (AvgIpc) is 2.72. The minimum Gasteiger partial charge on any atom is -0.348 e. The Labute approximate surface area is 157 Å². The summed E-state index contributed by atoms with van der Waals surface area (Å²) in [5, 5.41) is 12.4. The van der Waals surface area contributed by atoms with E-state index < -0.39 is 0 Å². The molecule has 0 saturated carbocycles. The van der Waals surface area contributed by atoms with Crippen molar-refractivity contribution >= 4 is 16.8 Å². The second-order valence-electron chi connectivity index (χ2n) is 6.35. The third-order valence-corrected chi connectivity index (χ3v) is 4.40. The SMILES string of the molecule is Cc1ccc(-c2nnc3ccccc3c2C(=O)NCc2cccnc2)cc1. The monoisotopic (exact) mass is 354 g/mol. The fraction of sp³-hybridized carbons (Fsp3) is 0.0909. The number of rotatable bonds is 4. The van der Waals surface area contributed by atoms with Crippen LogP contribution < -0.4 is 5.32 Å². The van der Waals surface area contributed by atoms with E-state index in [-0.39, 0.29) is 5.91 Å². The zero-order chi connectivity index (χ0) is 18.6. The molecule has 132 valence electrons. The smallest absolute Gasteiger partial charge is 0.254 e. The second-order valence-corrected chi connectivity index (χ2v) is 6.35. The number of hydrogen-bond acceptors (Lipinski definition) is 4. The molecule has 0 spiro atoms. The van der Waals surface area contributed by atoms with Crippen LogP contribution in [-0.2, 0) is 6.54 Å².